The van der Waals surface area contributed by atoms with E-state index in [4.69, 9.17) is 4.74 Å². The maximum atomic E-state index is 11.6. The predicted octanol–water partition coefficient (Wildman–Crippen LogP) is 4.82. The van der Waals surface area contributed by atoms with Gasteiger partial charge in [0.15, 0.2) is 5.65 Å². The number of para-hydroxylation sites is 2. The molecule has 2 aromatic heterocycles. The van der Waals surface area contributed by atoms with Crippen molar-refractivity contribution >= 4 is 28.9 Å². The van der Waals surface area contributed by atoms with Crippen molar-refractivity contribution in [1.29, 1.82) is 0 Å². The summed E-state index contributed by atoms with van der Waals surface area (Å²) in [5, 5.41) is 10.6. The second-order valence-electron chi connectivity index (χ2n) is 7.61. The summed E-state index contributed by atoms with van der Waals surface area (Å²) in [7, 11) is 0. The molecule has 3 aromatic carbocycles. The van der Waals surface area contributed by atoms with Crippen molar-refractivity contribution in [3.05, 3.63) is 90.8 Å². The number of carbonyl (C=O) groups is 1. The standard InChI is InChI=1S/C25H18N6O2/c32-22-15-16-14-17(10-11-20(16)28-22)27-25-29-24-23(26-12-13-31(24)30-25)19-8-4-5-9-21(19)33-18-6-2-1-3-7-18/h1-14H,15H2,(H,27,30)(H,28,32). The first-order valence-corrected chi connectivity index (χ1v) is 10.5. The molecule has 8 nitrogen and oxygen atoms in total. The van der Waals surface area contributed by atoms with E-state index in [0.29, 0.717) is 29.5 Å². The van der Waals surface area contributed by atoms with E-state index >= 15 is 0 Å². The molecule has 8 heteroatoms. The monoisotopic (exact) mass is 434 g/mol. The van der Waals surface area contributed by atoms with Gasteiger partial charge in [0.1, 0.15) is 17.2 Å². The van der Waals surface area contributed by atoms with Gasteiger partial charge in [-0.15, -0.1) is 5.10 Å². The number of ether oxygens (including phenoxy) is 1. The molecule has 6 rings (SSSR count). The summed E-state index contributed by atoms with van der Waals surface area (Å²) in [6.07, 6.45) is 3.81. The average Bonchev–Trinajstić information content (AvgIpc) is 3.41. The number of carbonyl (C=O) groups excluding carboxylic acids is 1. The van der Waals surface area contributed by atoms with Crippen LogP contribution in [0.3, 0.4) is 0 Å². The Morgan fingerprint density at radius 3 is 2.76 bits per heavy atom. The average molecular weight is 434 g/mol. The Bertz CT molecular complexity index is 1500. The van der Waals surface area contributed by atoms with Crippen LogP contribution in [0.4, 0.5) is 17.3 Å². The highest BCUT2D eigenvalue weighted by atomic mass is 16.5. The molecule has 0 unspecified atom stereocenters. The first-order chi connectivity index (χ1) is 16.2. The summed E-state index contributed by atoms with van der Waals surface area (Å²) in [4.78, 5) is 20.9. The van der Waals surface area contributed by atoms with E-state index in [9.17, 15) is 4.79 Å². The van der Waals surface area contributed by atoms with Crippen molar-refractivity contribution in [1.82, 2.24) is 19.6 Å². The van der Waals surface area contributed by atoms with Crippen molar-refractivity contribution in [3.8, 4) is 22.8 Å². The fourth-order valence-electron chi connectivity index (χ4n) is 3.86. The summed E-state index contributed by atoms with van der Waals surface area (Å²) in [5.74, 6) is 1.85. The third-order valence-corrected chi connectivity index (χ3v) is 5.35. The smallest absolute Gasteiger partial charge is 0.247 e. The Morgan fingerprint density at radius 1 is 1.00 bits per heavy atom. The number of aromatic nitrogens is 4. The van der Waals surface area contributed by atoms with E-state index in [0.717, 1.165) is 28.3 Å². The van der Waals surface area contributed by atoms with E-state index in [-0.39, 0.29) is 5.91 Å². The first-order valence-electron chi connectivity index (χ1n) is 10.5. The zero-order valence-corrected chi connectivity index (χ0v) is 17.4. The summed E-state index contributed by atoms with van der Waals surface area (Å²) >= 11 is 0. The van der Waals surface area contributed by atoms with Crippen LogP contribution in [0.2, 0.25) is 0 Å². The molecule has 0 fully saturated rings. The molecule has 0 spiro atoms. The second kappa shape index (κ2) is 7.76. The topological polar surface area (TPSA) is 93.4 Å². The number of benzene rings is 3. The summed E-state index contributed by atoms with van der Waals surface area (Å²) in [6.45, 7) is 0. The molecule has 0 aliphatic carbocycles. The third-order valence-electron chi connectivity index (χ3n) is 5.35. The summed E-state index contributed by atoms with van der Waals surface area (Å²) in [6, 6.07) is 23.0. The molecular formula is C25H18N6O2. The van der Waals surface area contributed by atoms with E-state index in [1.165, 1.54) is 0 Å². The summed E-state index contributed by atoms with van der Waals surface area (Å²) in [5.41, 5.74) is 4.67. The molecule has 1 amide bonds. The Kier molecular flexibility index (Phi) is 4.47. The lowest BCUT2D eigenvalue weighted by atomic mass is 10.1. The highest BCUT2D eigenvalue weighted by molar-refractivity contribution is 5.99. The molecule has 0 saturated heterocycles. The number of amides is 1. The van der Waals surface area contributed by atoms with Crippen LogP contribution in [0.25, 0.3) is 16.9 Å². The van der Waals surface area contributed by atoms with Crippen molar-refractivity contribution in [2.45, 2.75) is 6.42 Å². The van der Waals surface area contributed by atoms with Gasteiger partial charge >= 0.3 is 0 Å². The molecule has 3 heterocycles. The zero-order chi connectivity index (χ0) is 22.2. The largest absolute Gasteiger partial charge is 0.457 e. The van der Waals surface area contributed by atoms with Crippen LogP contribution in [0, 0.1) is 0 Å². The van der Waals surface area contributed by atoms with E-state index in [1.807, 2.05) is 72.8 Å². The highest BCUT2D eigenvalue weighted by Crippen LogP contribution is 2.34. The van der Waals surface area contributed by atoms with Gasteiger partial charge in [-0.3, -0.25) is 9.78 Å². The minimum atomic E-state index is 0.000100. The number of rotatable bonds is 5. The molecule has 33 heavy (non-hydrogen) atoms. The first kappa shape index (κ1) is 19.0. The molecule has 2 N–H and O–H groups in total. The molecular weight excluding hydrogens is 416 g/mol. The Balaban J connectivity index is 1.36. The lowest BCUT2D eigenvalue weighted by molar-refractivity contribution is -0.115. The maximum Gasteiger partial charge on any atom is 0.247 e. The number of nitrogens with one attached hydrogen (secondary N) is 2. The maximum absolute atomic E-state index is 11.6. The van der Waals surface area contributed by atoms with Crippen LogP contribution in [0.5, 0.6) is 11.5 Å². The quantitative estimate of drug-likeness (QED) is 0.412. The van der Waals surface area contributed by atoms with Crippen LogP contribution < -0.4 is 15.4 Å². The van der Waals surface area contributed by atoms with Gasteiger partial charge in [0.2, 0.25) is 11.9 Å². The van der Waals surface area contributed by atoms with E-state index < -0.39 is 0 Å². The van der Waals surface area contributed by atoms with Crippen molar-refractivity contribution < 1.29 is 9.53 Å². The van der Waals surface area contributed by atoms with Crippen LogP contribution in [0.15, 0.2) is 85.2 Å². The minimum Gasteiger partial charge on any atom is -0.457 e. The molecule has 5 aromatic rings. The number of nitrogens with zero attached hydrogens (tertiary/aromatic N) is 4. The van der Waals surface area contributed by atoms with Gasteiger partial charge in [0.25, 0.3) is 0 Å². The number of hydrogen-bond donors (Lipinski definition) is 2. The molecule has 0 radical (unpaired) electrons. The molecule has 1 aliphatic heterocycles. The predicted molar refractivity (Wildman–Crippen MR) is 125 cm³/mol. The van der Waals surface area contributed by atoms with E-state index in [2.05, 4.69) is 25.7 Å². The van der Waals surface area contributed by atoms with Crippen LogP contribution in [0.1, 0.15) is 5.56 Å². The lowest BCUT2D eigenvalue weighted by Crippen LogP contribution is -2.03. The molecule has 1 aliphatic rings. The lowest BCUT2D eigenvalue weighted by Gasteiger charge is -2.10. The molecule has 0 saturated carbocycles. The van der Waals surface area contributed by atoms with Gasteiger partial charge in [0.05, 0.1) is 6.42 Å². The van der Waals surface area contributed by atoms with E-state index in [1.54, 1.807) is 16.9 Å². The van der Waals surface area contributed by atoms with Gasteiger partial charge in [-0.05, 0) is 48.0 Å². The molecule has 0 atom stereocenters. The van der Waals surface area contributed by atoms with Crippen LogP contribution in [-0.4, -0.2) is 25.5 Å². The number of hydrogen-bond acceptors (Lipinski definition) is 6. The third kappa shape index (κ3) is 3.63. The van der Waals surface area contributed by atoms with Crippen molar-refractivity contribution in [2.75, 3.05) is 10.6 Å². The zero-order valence-electron chi connectivity index (χ0n) is 17.4. The minimum absolute atomic E-state index is 0.000100. The van der Waals surface area contributed by atoms with Crippen LogP contribution in [-0.2, 0) is 11.2 Å². The van der Waals surface area contributed by atoms with Gasteiger partial charge in [-0.2, -0.15) is 4.98 Å². The van der Waals surface area contributed by atoms with Crippen molar-refractivity contribution in [3.63, 3.8) is 0 Å². The Labute approximate surface area is 188 Å². The van der Waals surface area contributed by atoms with Gasteiger partial charge < -0.3 is 15.4 Å². The second-order valence-corrected chi connectivity index (χ2v) is 7.61. The summed E-state index contributed by atoms with van der Waals surface area (Å²) < 4.78 is 7.80. The van der Waals surface area contributed by atoms with Crippen molar-refractivity contribution in [2.24, 2.45) is 0 Å². The Hall–Kier alpha value is -4.72. The number of anilines is 3. The van der Waals surface area contributed by atoms with Crippen LogP contribution >= 0.6 is 0 Å². The van der Waals surface area contributed by atoms with Gasteiger partial charge in [-0.1, -0.05) is 30.3 Å². The van der Waals surface area contributed by atoms with Gasteiger partial charge in [0, 0.05) is 29.3 Å². The fraction of sp³-hybridized carbons (Fsp3) is 0.0400. The number of fused-ring (bicyclic) bond motifs is 2. The highest BCUT2D eigenvalue weighted by Gasteiger charge is 2.19. The Morgan fingerprint density at radius 2 is 1.85 bits per heavy atom. The molecule has 0 bridgehead atoms. The molecule has 160 valence electrons. The normalized spacial score (nSPS) is 12.4. The van der Waals surface area contributed by atoms with Gasteiger partial charge in [-0.25, -0.2) is 4.52 Å². The fourth-order valence-corrected chi connectivity index (χ4v) is 3.86. The SMILES string of the molecule is O=C1Cc2cc(Nc3nc4c(-c5ccccc5Oc5ccccc5)nccn4n3)ccc2N1.